The molecule has 1 aromatic rings. The van der Waals surface area contributed by atoms with E-state index in [9.17, 15) is 9.59 Å². The first-order valence-electron chi connectivity index (χ1n) is 4.96. The zero-order valence-electron chi connectivity index (χ0n) is 9.10. The van der Waals surface area contributed by atoms with E-state index in [1.165, 1.54) is 6.92 Å². The second kappa shape index (κ2) is 4.29. The minimum absolute atomic E-state index is 0.0449. The summed E-state index contributed by atoms with van der Waals surface area (Å²) < 4.78 is 10.2. The first kappa shape index (κ1) is 11.2. The molecule has 0 aliphatic carbocycles. The molecule has 2 rings (SSSR count). The Balaban J connectivity index is 2.24. The molecule has 0 atom stereocenters. The summed E-state index contributed by atoms with van der Waals surface area (Å²) in [5.41, 5.74) is 0.798. The molecule has 1 aliphatic heterocycles. The lowest BCUT2D eigenvalue weighted by Gasteiger charge is -2.16. The summed E-state index contributed by atoms with van der Waals surface area (Å²) >= 11 is 0. The summed E-state index contributed by atoms with van der Waals surface area (Å²) in [6.45, 7) is 1.50. The van der Waals surface area contributed by atoms with E-state index in [4.69, 9.17) is 14.6 Å². The number of carbonyl (C=O) groups is 2. The lowest BCUT2D eigenvalue weighted by atomic mass is 10.1. The predicted octanol–water partition coefficient (Wildman–Crippen LogP) is 1.52. The van der Waals surface area contributed by atoms with Crippen LogP contribution in [-0.4, -0.2) is 16.9 Å². The lowest BCUT2D eigenvalue weighted by molar-refractivity contribution is -0.135. The fourth-order valence-electron chi connectivity index (χ4n) is 1.48. The van der Waals surface area contributed by atoms with Crippen LogP contribution < -0.4 is 9.47 Å². The van der Waals surface area contributed by atoms with Gasteiger partial charge in [0.15, 0.2) is 11.5 Å². The Morgan fingerprint density at radius 3 is 2.71 bits per heavy atom. The molecule has 1 aromatic carbocycles. The Bertz CT molecular complexity index is 516. The second-order valence-corrected chi connectivity index (χ2v) is 3.67. The molecule has 1 N–H and O–H groups in total. The molecule has 5 nitrogen and oxygen atoms in total. The number of ether oxygens (including phenoxy) is 2. The van der Waals surface area contributed by atoms with Crippen LogP contribution in [0.15, 0.2) is 30.2 Å². The third kappa shape index (κ3) is 2.44. The van der Waals surface area contributed by atoms with E-state index >= 15 is 0 Å². The molecule has 0 aromatic heterocycles. The average Bonchev–Trinajstić information content (AvgIpc) is 2.27. The SMILES string of the molecule is CC(=O)Cc1ccc2c(c1)OC=C(C(=O)O)O2. The average molecular weight is 234 g/mol. The maximum absolute atomic E-state index is 11.0. The van der Waals surface area contributed by atoms with Crippen LogP contribution in [0.25, 0.3) is 0 Å². The number of benzene rings is 1. The van der Waals surface area contributed by atoms with Gasteiger partial charge in [-0.3, -0.25) is 4.79 Å². The predicted molar refractivity (Wildman–Crippen MR) is 57.8 cm³/mol. The van der Waals surface area contributed by atoms with Gasteiger partial charge in [-0.25, -0.2) is 4.79 Å². The summed E-state index contributed by atoms with van der Waals surface area (Å²) in [6, 6.07) is 4.95. The quantitative estimate of drug-likeness (QED) is 0.858. The van der Waals surface area contributed by atoms with E-state index in [2.05, 4.69) is 0 Å². The van der Waals surface area contributed by atoms with Crippen molar-refractivity contribution in [3.05, 3.63) is 35.8 Å². The molecule has 1 aliphatic rings. The van der Waals surface area contributed by atoms with Crippen molar-refractivity contribution in [3.8, 4) is 11.5 Å². The Hall–Kier alpha value is -2.30. The maximum atomic E-state index is 11.0. The fourth-order valence-corrected chi connectivity index (χ4v) is 1.48. The minimum atomic E-state index is -1.19. The number of aliphatic carboxylic acids is 1. The highest BCUT2D eigenvalue weighted by atomic mass is 16.6. The van der Waals surface area contributed by atoms with Crippen LogP contribution in [-0.2, 0) is 16.0 Å². The molecule has 17 heavy (non-hydrogen) atoms. The summed E-state index contributed by atoms with van der Waals surface area (Å²) in [5.74, 6) is -0.672. The van der Waals surface area contributed by atoms with Gasteiger partial charge in [-0.2, -0.15) is 0 Å². The Morgan fingerprint density at radius 1 is 1.29 bits per heavy atom. The molecule has 0 spiro atoms. The number of Topliss-reactive ketones (excluding diaryl/α,β-unsaturated/α-hetero) is 1. The number of ketones is 1. The molecule has 1 heterocycles. The van der Waals surface area contributed by atoms with Crippen molar-refractivity contribution in [2.45, 2.75) is 13.3 Å². The molecule has 0 saturated carbocycles. The zero-order valence-corrected chi connectivity index (χ0v) is 9.10. The number of hydrogen-bond acceptors (Lipinski definition) is 4. The van der Waals surface area contributed by atoms with Crippen molar-refractivity contribution in [1.29, 1.82) is 0 Å². The third-order valence-electron chi connectivity index (χ3n) is 2.18. The van der Waals surface area contributed by atoms with Gasteiger partial charge in [0.1, 0.15) is 12.0 Å². The topological polar surface area (TPSA) is 72.8 Å². The molecule has 0 fully saturated rings. The van der Waals surface area contributed by atoms with E-state index in [0.29, 0.717) is 17.9 Å². The Morgan fingerprint density at radius 2 is 2.06 bits per heavy atom. The van der Waals surface area contributed by atoms with Gasteiger partial charge in [0.05, 0.1) is 0 Å². The lowest BCUT2D eigenvalue weighted by Crippen LogP contribution is -2.13. The molecular weight excluding hydrogens is 224 g/mol. The van der Waals surface area contributed by atoms with Crippen molar-refractivity contribution in [3.63, 3.8) is 0 Å². The number of carbonyl (C=O) groups excluding carboxylic acids is 1. The molecule has 0 bridgehead atoms. The Kier molecular flexibility index (Phi) is 2.82. The minimum Gasteiger partial charge on any atom is -0.475 e. The van der Waals surface area contributed by atoms with Gasteiger partial charge in [-0.05, 0) is 24.6 Å². The summed E-state index contributed by atoms with van der Waals surface area (Å²) in [7, 11) is 0. The number of rotatable bonds is 3. The number of fused-ring (bicyclic) bond motifs is 1. The zero-order chi connectivity index (χ0) is 12.4. The summed E-state index contributed by atoms with van der Waals surface area (Å²) in [4.78, 5) is 21.6. The van der Waals surface area contributed by atoms with Gasteiger partial charge in [0, 0.05) is 6.42 Å². The summed E-state index contributed by atoms with van der Waals surface area (Å²) in [5, 5.41) is 8.72. The van der Waals surface area contributed by atoms with Crippen molar-refractivity contribution < 1.29 is 24.2 Å². The molecule has 0 amide bonds. The van der Waals surface area contributed by atoms with Crippen LogP contribution >= 0.6 is 0 Å². The van der Waals surface area contributed by atoms with Crippen LogP contribution in [0.5, 0.6) is 11.5 Å². The van der Waals surface area contributed by atoms with Gasteiger partial charge < -0.3 is 14.6 Å². The van der Waals surface area contributed by atoms with E-state index in [1.54, 1.807) is 18.2 Å². The van der Waals surface area contributed by atoms with Gasteiger partial charge >= 0.3 is 5.97 Å². The largest absolute Gasteiger partial charge is 0.475 e. The fraction of sp³-hybridized carbons (Fsp3) is 0.167. The van der Waals surface area contributed by atoms with Crippen LogP contribution in [0.4, 0.5) is 0 Å². The normalized spacial score (nSPS) is 12.9. The van der Waals surface area contributed by atoms with E-state index in [0.717, 1.165) is 11.8 Å². The van der Waals surface area contributed by atoms with Crippen molar-refractivity contribution in [1.82, 2.24) is 0 Å². The highest BCUT2D eigenvalue weighted by Crippen LogP contribution is 2.33. The summed E-state index contributed by atoms with van der Waals surface area (Å²) in [6.07, 6.45) is 1.34. The van der Waals surface area contributed by atoms with Gasteiger partial charge in [0.25, 0.3) is 0 Å². The van der Waals surface area contributed by atoms with E-state index < -0.39 is 5.97 Å². The molecular formula is C12H10O5. The first-order chi connectivity index (χ1) is 8.06. The van der Waals surface area contributed by atoms with Crippen molar-refractivity contribution >= 4 is 11.8 Å². The number of carboxylic acid groups (broad SMARTS) is 1. The van der Waals surface area contributed by atoms with Gasteiger partial charge in [-0.1, -0.05) is 6.07 Å². The van der Waals surface area contributed by atoms with Gasteiger partial charge in [-0.15, -0.1) is 0 Å². The molecule has 0 radical (unpaired) electrons. The molecule has 0 saturated heterocycles. The molecule has 0 unspecified atom stereocenters. The van der Waals surface area contributed by atoms with Crippen LogP contribution in [0.3, 0.4) is 0 Å². The monoisotopic (exact) mass is 234 g/mol. The maximum Gasteiger partial charge on any atom is 0.375 e. The molecule has 5 heteroatoms. The van der Waals surface area contributed by atoms with Crippen LogP contribution in [0, 0.1) is 0 Å². The van der Waals surface area contributed by atoms with E-state index in [1.807, 2.05) is 0 Å². The first-order valence-corrected chi connectivity index (χ1v) is 4.96. The highest BCUT2D eigenvalue weighted by molar-refractivity contribution is 5.85. The standard InChI is InChI=1S/C12H10O5/c1-7(13)4-8-2-3-9-10(5-8)16-6-11(17-9)12(14)15/h2-3,5-6H,4H2,1H3,(H,14,15). The van der Waals surface area contributed by atoms with Crippen molar-refractivity contribution in [2.75, 3.05) is 0 Å². The number of carboxylic acids is 1. The van der Waals surface area contributed by atoms with Crippen molar-refractivity contribution in [2.24, 2.45) is 0 Å². The Labute approximate surface area is 97.3 Å². The third-order valence-corrected chi connectivity index (χ3v) is 2.18. The van der Waals surface area contributed by atoms with Crippen LogP contribution in [0.1, 0.15) is 12.5 Å². The van der Waals surface area contributed by atoms with Gasteiger partial charge in [0.2, 0.25) is 5.76 Å². The van der Waals surface area contributed by atoms with Crippen LogP contribution in [0.2, 0.25) is 0 Å². The molecule has 88 valence electrons. The second-order valence-electron chi connectivity index (χ2n) is 3.67. The number of hydrogen-bond donors (Lipinski definition) is 1. The highest BCUT2D eigenvalue weighted by Gasteiger charge is 2.19. The van der Waals surface area contributed by atoms with E-state index in [-0.39, 0.29) is 11.5 Å². The smallest absolute Gasteiger partial charge is 0.375 e.